The van der Waals surface area contributed by atoms with Crippen molar-refractivity contribution in [1.29, 1.82) is 0 Å². The van der Waals surface area contributed by atoms with Gasteiger partial charge in [-0.05, 0) is 103 Å². The van der Waals surface area contributed by atoms with Crippen molar-refractivity contribution in [2.24, 2.45) is 23.7 Å². The minimum Gasteiger partial charge on any atom is -0.309 e. The van der Waals surface area contributed by atoms with Crippen molar-refractivity contribution >= 4 is 15.2 Å². The summed E-state index contributed by atoms with van der Waals surface area (Å²) in [6, 6.07) is 0. The molecule has 0 aromatic carbocycles. The first-order chi connectivity index (χ1) is 17.4. The van der Waals surface area contributed by atoms with Crippen LogP contribution in [-0.4, -0.2) is 37.7 Å². The molecule has 6 nitrogen and oxygen atoms in total. The molecule has 0 N–H and O–H groups in total. The lowest BCUT2D eigenvalue weighted by atomic mass is 9.71. The van der Waals surface area contributed by atoms with E-state index in [4.69, 9.17) is 18.1 Å². The van der Waals surface area contributed by atoms with Crippen molar-refractivity contribution in [2.75, 3.05) is 26.4 Å². The van der Waals surface area contributed by atoms with Crippen molar-refractivity contribution in [3.05, 3.63) is 0 Å². The Hall–Kier alpha value is 0.300. The molecular formula is C28H54O6P2. The molecule has 3 saturated carbocycles. The van der Waals surface area contributed by atoms with E-state index in [1.807, 2.05) is 27.7 Å². The molecule has 3 aliphatic rings. The van der Waals surface area contributed by atoms with E-state index in [9.17, 15) is 9.13 Å². The van der Waals surface area contributed by atoms with Gasteiger partial charge < -0.3 is 18.1 Å². The van der Waals surface area contributed by atoms with Gasteiger partial charge in [-0.15, -0.1) is 0 Å². The highest BCUT2D eigenvalue weighted by atomic mass is 31.2. The summed E-state index contributed by atoms with van der Waals surface area (Å²) in [6.07, 6.45) is 15.9. The van der Waals surface area contributed by atoms with Crippen molar-refractivity contribution in [1.82, 2.24) is 0 Å². The minimum absolute atomic E-state index is 0.0163. The van der Waals surface area contributed by atoms with Crippen LogP contribution in [0.2, 0.25) is 0 Å². The van der Waals surface area contributed by atoms with Gasteiger partial charge in [0.25, 0.3) is 0 Å². The highest BCUT2D eigenvalue weighted by Gasteiger charge is 2.50. The van der Waals surface area contributed by atoms with Crippen molar-refractivity contribution in [3.8, 4) is 0 Å². The molecule has 0 aromatic rings. The molecule has 0 radical (unpaired) electrons. The highest BCUT2D eigenvalue weighted by Crippen LogP contribution is 2.65. The molecule has 0 aromatic heterocycles. The van der Waals surface area contributed by atoms with Gasteiger partial charge in [-0.2, -0.15) is 0 Å². The fraction of sp³-hybridized carbons (Fsp3) is 1.00. The summed E-state index contributed by atoms with van der Waals surface area (Å²) in [6.45, 7) is 9.39. The lowest BCUT2D eigenvalue weighted by Gasteiger charge is -2.45. The lowest BCUT2D eigenvalue weighted by Crippen LogP contribution is -2.39. The van der Waals surface area contributed by atoms with Crippen LogP contribution >= 0.6 is 15.2 Å². The number of hydrogen-bond donors (Lipinski definition) is 0. The summed E-state index contributed by atoms with van der Waals surface area (Å²) < 4.78 is 52.3. The molecule has 3 aliphatic carbocycles. The first-order valence-corrected chi connectivity index (χ1v) is 18.4. The molecule has 212 valence electrons. The molecule has 0 heterocycles. The van der Waals surface area contributed by atoms with Crippen LogP contribution < -0.4 is 0 Å². The maximum Gasteiger partial charge on any atom is 0.334 e. The molecule has 2 atom stereocenters. The van der Waals surface area contributed by atoms with E-state index < -0.39 is 15.2 Å². The molecule has 36 heavy (non-hydrogen) atoms. The van der Waals surface area contributed by atoms with E-state index in [0.717, 1.165) is 51.4 Å². The predicted molar refractivity (Wildman–Crippen MR) is 148 cm³/mol. The van der Waals surface area contributed by atoms with E-state index in [-0.39, 0.29) is 11.3 Å². The van der Waals surface area contributed by atoms with E-state index in [2.05, 4.69) is 0 Å². The molecule has 2 unspecified atom stereocenters. The highest BCUT2D eigenvalue weighted by molar-refractivity contribution is 7.55. The Kier molecular flexibility index (Phi) is 13.0. The third kappa shape index (κ3) is 7.70. The van der Waals surface area contributed by atoms with Crippen LogP contribution in [0, 0.1) is 23.7 Å². The predicted octanol–water partition coefficient (Wildman–Crippen LogP) is 9.22. The third-order valence-electron chi connectivity index (χ3n) is 9.01. The van der Waals surface area contributed by atoms with Crippen LogP contribution in [-0.2, 0) is 27.2 Å². The minimum atomic E-state index is -3.19. The standard InChI is InChI=1S/C28H54O6P2/c1-5-31-35(29,32-6-2)27(23-15-11-9-12-16-23)25-19-21-26(22-20-25)28(24-17-13-10-14-18-24)36(30,33-7-3)34-8-4/h23-28H,5-22H2,1-4H3. The monoisotopic (exact) mass is 548 g/mol. The first kappa shape index (κ1) is 30.8. The zero-order valence-electron chi connectivity index (χ0n) is 23.5. The Bertz CT molecular complexity index is 631. The van der Waals surface area contributed by atoms with Gasteiger partial charge in [0.2, 0.25) is 0 Å². The topological polar surface area (TPSA) is 71.1 Å². The number of rotatable bonds is 14. The second kappa shape index (κ2) is 15.2. The van der Waals surface area contributed by atoms with Gasteiger partial charge in [-0.1, -0.05) is 38.5 Å². The first-order valence-electron chi connectivity index (χ1n) is 15.2. The van der Waals surface area contributed by atoms with E-state index in [0.29, 0.717) is 50.1 Å². The van der Waals surface area contributed by atoms with Crippen molar-refractivity contribution in [2.45, 2.75) is 129 Å². The summed E-state index contributed by atoms with van der Waals surface area (Å²) in [5.41, 5.74) is -0.0327. The summed E-state index contributed by atoms with van der Waals surface area (Å²) in [7, 11) is -6.39. The summed E-state index contributed by atoms with van der Waals surface area (Å²) in [4.78, 5) is 0. The molecule has 0 spiro atoms. The van der Waals surface area contributed by atoms with Gasteiger partial charge >= 0.3 is 15.2 Å². The van der Waals surface area contributed by atoms with E-state index in [1.165, 1.54) is 38.5 Å². The Morgan fingerprint density at radius 2 is 0.722 bits per heavy atom. The Balaban J connectivity index is 1.82. The van der Waals surface area contributed by atoms with Gasteiger partial charge in [-0.25, -0.2) is 0 Å². The third-order valence-corrected chi connectivity index (χ3v) is 14.6. The molecule has 0 saturated heterocycles. The molecular weight excluding hydrogens is 494 g/mol. The fourth-order valence-corrected chi connectivity index (χ4v) is 13.3. The van der Waals surface area contributed by atoms with E-state index in [1.54, 1.807) is 0 Å². The van der Waals surface area contributed by atoms with Gasteiger partial charge in [0.1, 0.15) is 0 Å². The summed E-state index contributed by atoms with van der Waals surface area (Å²) in [5, 5.41) is 0. The maximum absolute atomic E-state index is 14.2. The molecule has 0 amide bonds. The zero-order valence-corrected chi connectivity index (χ0v) is 25.3. The van der Waals surface area contributed by atoms with Gasteiger partial charge in [0, 0.05) is 0 Å². The van der Waals surface area contributed by atoms with Crippen molar-refractivity contribution in [3.63, 3.8) is 0 Å². The van der Waals surface area contributed by atoms with Gasteiger partial charge in [0.05, 0.1) is 37.7 Å². The van der Waals surface area contributed by atoms with Crippen molar-refractivity contribution < 1.29 is 27.2 Å². The average molecular weight is 549 g/mol. The Morgan fingerprint density at radius 3 is 0.972 bits per heavy atom. The van der Waals surface area contributed by atoms with Crippen LogP contribution in [0.1, 0.15) is 118 Å². The van der Waals surface area contributed by atoms with Crippen LogP contribution in [0.4, 0.5) is 0 Å². The van der Waals surface area contributed by atoms with Gasteiger partial charge in [-0.3, -0.25) is 9.13 Å². The largest absolute Gasteiger partial charge is 0.334 e. The molecule has 0 aliphatic heterocycles. The van der Waals surface area contributed by atoms with E-state index >= 15 is 0 Å². The zero-order chi connectivity index (χ0) is 26.0. The number of hydrogen-bond acceptors (Lipinski definition) is 6. The van der Waals surface area contributed by atoms with Crippen LogP contribution in [0.3, 0.4) is 0 Å². The Morgan fingerprint density at radius 1 is 0.472 bits per heavy atom. The smallest absolute Gasteiger partial charge is 0.309 e. The second-order valence-corrected chi connectivity index (χ2v) is 15.6. The lowest BCUT2D eigenvalue weighted by molar-refractivity contribution is 0.133. The SMILES string of the molecule is CCOP(=O)(OCC)C(C1CCCCC1)C1CCC(C(C2CCCCC2)P(=O)(OCC)OCC)CC1. The molecule has 3 rings (SSSR count). The maximum atomic E-state index is 14.2. The van der Waals surface area contributed by atoms with Crippen LogP contribution in [0.5, 0.6) is 0 Å². The molecule has 0 bridgehead atoms. The van der Waals surface area contributed by atoms with Crippen LogP contribution in [0.25, 0.3) is 0 Å². The van der Waals surface area contributed by atoms with Crippen LogP contribution in [0.15, 0.2) is 0 Å². The molecule has 3 fully saturated rings. The quantitative estimate of drug-likeness (QED) is 0.202. The second-order valence-electron chi connectivity index (χ2n) is 11.2. The summed E-state index contributed by atoms with van der Waals surface area (Å²) >= 11 is 0. The average Bonchev–Trinajstić information content (AvgIpc) is 2.87. The fourth-order valence-electron chi connectivity index (χ4n) is 7.72. The normalized spacial score (nSPS) is 27.1. The summed E-state index contributed by atoms with van der Waals surface area (Å²) in [5.74, 6) is 1.49. The van der Waals surface area contributed by atoms with Gasteiger partial charge in [0.15, 0.2) is 0 Å². The Labute approximate surface area is 221 Å². The molecule has 8 heteroatoms.